The first-order chi connectivity index (χ1) is 10.2. The molecule has 0 bridgehead atoms. The first-order valence-corrected chi connectivity index (χ1v) is 7.78. The molecule has 1 saturated heterocycles. The number of benzene rings is 1. The van der Waals surface area contributed by atoms with E-state index in [-0.39, 0.29) is 12.1 Å². The molecular weight excluding hydrogens is 264 g/mol. The minimum atomic E-state index is 0.0580. The van der Waals surface area contributed by atoms with Crippen molar-refractivity contribution < 1.29 is 9.47 Å². The summed E-state index contributed by atoms with van der Waals surface area (Å²) < 4.78 is 10.9. The molecule has 1 heterocycles. The molecule has 118 valence electrons. The van der Waals surface area contributed by atoms with Gasteiger partial charge in [-0.05, 0) is 38.3 Å². The van der Waals surface area contributed by atoms with Gasteiger partial charge in [-0.25, -0.2) is 0 Å². The first-order valence-electron chi connectivity index (χ1n) is 7.78. The highest BCUT2D eigenvalue weighted by atomic mass is 16.5. The van der Waals surface area contributed by atoms with Gasteiger partial charge in [-0.3, -0.25) is 4.90 Å². The van der Waals surface area contributed by atoms with Crippen LogP contribution in [-0.2, 0) is 4.74 Å². The van der Waals surface area contributed by atoms with Crippen LogP contribution < -0.4 is 10.5 Å². The summed E-state index contributed by atoms with van der Waals surface area (Å²) in [4.78, 5) is 2.50. The molecule has 0 spiro atoms. The molecule has 1 aliphatic rings. The Bertz CT molecular complexity index is 435. The van der Waals surface area contributed by atoms with Crippen LogP contribution in [-0.4, -0.2) is 44.9 Å². The molecule has 21 heavy (non-hydrogen) atoms. The van der Waals surface area contributed by atoms with Gasteiger partial charge in [0.2, 0.25) is 0 Å². The predicted octanol–water partition coefficient (Wildman–Crippen LogP) is 2.44. The van der Waals surface area contributed by atoms with Crippen LogP contribution in [0.5, 0.6) is 5.75 Å². The van der Waals surface area contributed by atoms with Gasteiger partial charge in [-0.15, -0.1) is 0 Å². The minimum absolute atomic E-state index is 0.0580. The van der Waals surface area contributed by atoms with E-state index in [0.29, 0.717) is 5.92 Å². The van der Waals surface area contributed by atoms with E-state index < -0.39 is 0 Å². The Morgan fingerprint density at radius 2 is 2.10 bits per heavy atom. The molecular formula is C17H28N2O2. The molecule has 1 aliphatic heterocycles. The average Bonchev–Trinajstić information content (AvgIpc) is 2.48. The van der Waals surface area contributed by atoms with Crippen LogP contribution in [0.25, 0.3) is 0 Å². The molecule has 0 saturated carbocycles. The number of nitrogens with two attached hydrogens (primary N) is 1. The van der Waals surface area contributed by atoms with Gasteiger partial charge in [0.05, 0.1) is 19.8 Å². The van der Waals surface area contributed by atoms with Crippen LogP contribution in [0, 0.1) is 5.92 Å². The smallest absolute Gasteiger partial charge is 0.123 e. The van der Waals surface area contributed by atoms with Crippen molar-refractivity contribution in [3.63, 3.8) is 0 Å². The van der Waals surface area contributed by atoms with Crippen molar-refractivity contribution in [3.05, 3.63) is 29.8 Å². The van der Waals surface area contributed by atoms with Crippen LogP contribution in [0.4, 0.5) is 0 Å². The van der Waals surface area contributed by atoms with Crippen molar-refractivity contribution in [1.29, 1.82) is 0 Å². The molecule has 3 unspecified atom stereocenters. The van der Waals surface area contributed by atoms with Gasteiger partial charge in [0.15, 0.2) is 0 Å². The summed E-state index contributed by atoms with van der Waals surface area (Å²) in [5.74, 6) is 1.52. The molecule has 0 radical (unpaired) electrons. The predicted molar refractivity (Wildman–Crippen MR) is 85.6 cm³/mol. The van der Waals surface area contributed by atoms with Crippen LogP contribution in [0.15, 0.2) is 24.3 Å². The number of ether oxygens (including phenoxy) is 2. The molecule has 0 aromatic heterocycles. The second-order valence-corrected chi connectivity index (χ2v) is 6.00. The highest BCUT2D eigenvalue weighted by Crippen LogP contribution is 2.34. The third-order valence-electron chi connectivity index (χ3n) is 4.30. The summed E-state index contributed by atoms with van der Waals surface area (Å²) in [6.07, 6.45) is 2.44. The van der Waals surface area contributed by atoms with Crippen molar-refractivity contribution in [2.24, 2.45) is 11.7 Å². The van der Waals surface area contributed by atoms with E-state index in [9.17, 15) is 0 Å². The lowest BCUT2D eigenvalue weighted by molar-refractivity contribution is 0.0611. The number of hydrogen-bond acceptors (Lipinski definition) is 4. The zero-order valence-electron chi connectivity index (χ0n) is 13.4. The summed E-state index contributed by atoms with van der Waals surface area (Å²) in [5.41, 5.74) is 7.50. The quantitative estimate of drug-likeness (QED) is 0.875. The molecule has 2 N–H and O–H groups in total. The summed E-state index contributed by atoms with van der Waals surface area (Å²) >= 11 is 0. The molecule has 0 aliphatic carbocycles. The van der Waals surface area contributed by atoms with Gasteiger partial charge in [0.1, 0.15) is 5.75 Å². The van der Waals surface area contributed by atoms with Gasteiger partial charge >= 0.3 is 0 Å². The Morgan fingerprint density at radius 3 is 2.76 bits per heavy atom. The fourth-order valence-electron chi connectivity index (χ4n) is 3.44. The number of methoxy groups -OCH3 is 2. The van der Waals surface area contributed by atoms with Crippen LogP contribution in [0.2, 0.25) is 0 Å². The Balaban J connectivity index is 2.22. The van der Waals surface area contributed by atoms with Crippen molar-refractivity contribution in [3.8, 4) is 5.75 Å². The highest BCUT2D eigenvalue weighted by molar-refractivity contribution is 5.36. The number of piperidine rings is 1. The topological polar surface area (TPSA) is 47.7 Å². The Morgan fingerprint density at radius 1 is 1.33 bits per heavy atom. The maximum Gasteiger partial charge on any atom is 0.123 e. The van der Waals surface area contributed by atoms with Crippen molar-refractivity contribution in [2.45, 2.75) is 31.8 Å². The van der Waals surface area contributed by atoms with Crippen molar-refractivity contribution >= 4 is 0 Å². The first kappa shape index (κ1) is 16.3. The number of likely N-dealkylation sites (tertiary alicyclic amines) is 1. The largest absolute Gasteiger partial charge is 0.496 e. The standard InChI is InChI=1S/C17H28N2O2/c1-13(18)17(15-8-4-5-9-16(15)21-3)19-10-6-7-14(11-19)12-20-2/h4-5,8-9,13-14,17H,6-7,10-12,18H2,1-3H3. The molecule has 1 fully saturated rings. The summed E-state index contributed by atoms with van der Waals surface area (Å²) in [6.45, 7) is 5.04. The number of hydrogen-bond donors (Lipinski definition) is 1. The molecule has 2 rings (SSSR count). The normalized spacial score (nSPS) is 22.8. The Kier molecular flexibility index (Phi) is 6.03. The number of rotatable bonds is 6. The van der Waals surface area contributed by atoms with E-state index in [2.05, 4.69) is 24.0 Å². The molecule has 4 heteroatoms. The minimum Gasteiger partial charge on any atom is -0.496 e. The van der Waals surface area contributed by atoms with Crippen LogP contribution in [0.1, 0.15) is 31.4 Å². The zero-order chi connectivity index (χ0) is 15.2. The lowest BCUT2D eigenvalue weighted by Gasteiger charge is -2.40. The summed E-state index contributed by atoms with van der Waals surface area (Å²) in [7, 11) is 3.50. The molecule has 1 aromatic rings. The van der Waals surface area contributed by atoms with Gasteiger partial charge in [-0.2, -0.15) is 0 Å². The van der Waals surface area contributed by atoms with E-state index in [1.807, 2.05) is 12.1 Å². The average molecular weight is 292 g/mol. The van der Waals surface area contributed by atoms with Gasteiger partial charge < -0.3 is 15.2 Å². The van der Waals surface area contributed by atoms with E-state index in [4.69, 9.17) is 15.2 Å². The molecule has 0 amide bonds. The maximum atomic E-state index is 6.31. The summed E-state index contributed by atoms with van der Waals surface area (Å²) in [5, 5.41) is 0. The highest BCUT2D eigenvalue weighted by Gasteiger charge is 2.30. The van der Waals surface area contributed by atoms with E-state index in [0.717, 1.165) is 25.4 Å². The molecule has 4 nitrogen and oxygen atoms in total. The SMILES string of the molecule is COCC1CCCN(C(c2ccccc2OC)C(C)N)C1. The van der Waals surface area contributed by atoms with Crippen molar-refractivity contribution in [1.82, 2.24) is 4.90 Å². The third-order valence-corrected chi connectivity index (χ3v) is 4.30. The molecule has 1 aromatic carbocycles. The number of para-hydroxylation sites is 1. The van der Waals surface area contributed by atoms with Crippen LogP contribution >= 0.6 is 0 Å². The van der Waals surface area contributed by atoms with E-state index in [1.165, 1.54) is 18.4 Å². The van der Waals surface area contributed by atoms with Crippen molar-refractivity contribution in [2.75, 3.05) is 33.9 Å². The fourth-order valence-corrected chi connectivity index (χ4v) is 3.44. The number of nitrogens with zero attached hydrogens (tertiary/aromatic N) is 1. The second-order valence-electron chi connectivity index (χ2n) is 6.00. The monoisotopic (exact) mass is 292 g/mol. The Hall–Kier alpha value is -1.10. The van der Waals surface area contributed by atoms with E-state index in [1.54, 1.807) is 14.2 Å². The second kappa shape index (κ2) is 7.78. The van der Waals surface area contributed by atoms with Gasteiger partial charge in [-0.1, -0.05) is 18.2 Å². The Labute approximate surface area is 128 Å². The van der Waals surface area contributed by atoms with Gasteiger partial charge in [0, 0.05) is 25.3 Å². The van der Waals surface area contributed by atoms with E-state index >= 15 is 0 Å². The third kappa shape index (κ3) is 3.96. The lowest BCUT2D eigenvalue weighted by atomic mass is 9.92. The maximum absolute atomic E-state index is 6.31. The molecule has 3 atom stereocenters. The zero-order valence-corrected chi connectivity index (χ0v) is 13.4. The lowest BCUT2D eigenvalue weighted by Crippen LogP contribution is -2.45. The fraction of sp³-hybridized carbons (Fsp3) is 0.647. The van der Waals surface area contributed by atoms with Crippen LogP contribution in [0.3, 0.4) is 0 Å². The summed E-state index contributed by atoms with van der Waals surface area (Å²) in [6, 6.07) is 8.46. The van der Waals surface area contributed by atoms with Gasteiger partial charge in [0.25, 0.3) is 0 Å².